The summed E-state index contributed by atoms with van der Waals surface area (Å²) in [5.74, 6) is -2.79. The molecule has 25 heavy (non-hydrogen) atoms. The molecule has 136 valence electrons. The van der Waals surface area contributed by atoms with Gasteiger partial charge < -0.3 is 4.74 Å². The van der Waals surface area contributed by atoms with Crippen LogP contribution in [0.1, 0.15) is 69.4 Å². The summed E-state index contributed by atoms with van der Waals surface area (Å²) in [7, 11) is 0. The van der Waals surface area contributed by atoms with Crippen LogP contribution >= 0.6 is 0 Å². The maximum absolute atomic E-state index is 12.8. The minimum atomic E-state index is -1.06. The monoisotopic (exact) mass is 344 g/mol. The second-order valence-electron chi connectivity index (χ2n) is 7.00. The van der Waals surface area contributed by atoms with Crippen molar-refractivity contribution >= 4 is 17.5 Å². The molecule has 1 fully saturated rings. The van der Waals surface area contributed by atoms with Crippen LogP contribution in [0, 0.1) is 12.8 Å². The highest BCUT2D eigenvalue weighted by atomic mass is 16.5. The van der Waals surface area contributed by atoms with Crippen LogP contribution < -0.4 is 0 Å². The van der Waals surface area contributed by atoms with Crippen molar-refractivity contribution in [1.29, 1.82) is 0 Å². The molecule has 4 nitrogen and oxygen atoms in total. The van der Waals surface area contributed by atoms with Gasteiger partial charge in [-0.05, 0) is 45.1 Å². The van der Waals surface area contributed by atoms with Gasteiger partial charge in [0, 0.05) is 6.42 Å². The lowest BCUT2D eigenvalue weighted by Crippen LogP contribution is -2.36. The predicted molar refractivity (Wildman–Crippen MR) is 96.4 cm³/mol. The van der Waals surface area contributed by atoms with Gasteiger partial charge in [0.05, 0.1) is 5.92 Å². The number of esters is 1. The second kappa shape index (κ2) is 8.93. The fourth-order valence-electron chi connectivity index (χ4n) is 3.61. The van der Waals surface area contributed by atoms with Crippen molar-refractivity contribution in [2.24, 2.45) is 5.92 Å². The van der Waals surface area contributed by atoms with Gasteiger partial charge in [-0.2, -0.15) is 0 Å². The fraction of sp³-hybridized carbons (Fsp3) is 0.571. The first-order valence-electron chi connectivity index (χ1n) is 9.24. The average molecular weight is 344 g/mol. The van der Waals surface area contributed by atoms with Crippen molar-refractivity contribution in [2.45, 2.75) is 71.3 Å². The summed E-state index contributed by atoms with van der Waals surface area (Å²) in [5.41, 5.74) is 1.71. The van der Waals surface area contributed by atoms with E-state index >= 15 is 0 Å². The highest BCUT2D eigenvalue weighted by molar-refractivity contribution is 6.04. The molecule has 0 spiro atoms. The van der Waals surface area contributed by atoms with Crippen LogP contribution in [0.25, 0.3) is 0 Å². The van der Waals surface area contributed by atoms with Gasteiger partial charge in [0.2, 0.25) is 0 Å². The molecule has 0 saturated heterocycles. The zero-order valence-electron chi connectivity index (χ0n) is 15.4. The molecule has 2 atom stereocenters. The molecule has 0 aliphatic heterocycles. The van der Waals surface area contributed by atoms with Gasteiger partial charge in [-0.1, -0.05) is 43.2 Å². The Kier molecular flexibility index (Phi) is 6.91. The molecule has 1 aromatic rings. The third-order valence-corrected chi connectivity index (χ3v) is 4.96. The Hall–Kier alpha value is -1.97. The maximum atomic E-state index is 12.8. The van der Waals surface area contributed by atoms with E-state index < -0.39 is 17.8 Å². The van der Waals surface area contributed by atoms with Crippen molar-refractivity contribution in [3.8, 4) is 0 Å². The minimum absolute atomic E-state index is 0.105. The number of hydrogen-bond acceptors (Lipinski definition) is 4. The van der Waals surface area contributed by atoms with Gasteiger partial charge >= 0.3 is 5.97 Å². The van der Waals surface area contributed by atoms with Gasteiger partial charge in [0.1, 0.15) is 23.6 Å². The Morgan fingerprint density at radius 1 is 1.16 bits per heavy atom. The topological polar surface area (TPSA) is 60.4 Å². The first kappa shape index (κ1) is 19.4. The largest absolute Gasteiger partial charge is 0.462 e. The van der Waals surface area contributed by atoms with Gasteiger partial charge in [-0.25, -0.2) is 0 Å². The molecule has 2 rings (SSSR count). The van der Waals surface area contributed by atoms with E-state index in [2.05, 4.69) is 0 Å². The minimum Gasteiger partial charge on any atom is -0.462 e. The van der Waals surface area contributed by atoms with Crippen molar-refractivity contribution in [3.05, 3.63) is 35.4 Å². The lowest BCUT2D eigenvalue weighted by molar-refractivity contribution is -0.160. The van der Waals surface area contributed by atoms with Crippen molar-refractivity contribution < 1.29 is 19.1 Å². The molecule has 0 amide bonds. The molecular formula is C21H28O4. The third-order valence-electron chi connectivity index (χ3n) is 4.96. The van der Waals surface area contributed by atoms with E-state index in [1.807, 2.05) is 31.2 Å². The number of ether oxygens (including phenoxy) is 1. The smallest absolute Gasteiger partial charge is 0.317 e. The Morgan fingerprint density at radius 3 is 2.40 bits per heavy atom. The summed E-state index contributed by atoms with van der Waals surface area (Å²) in [6, 6.07) is 7.47. The van der Waals surface area contributed by atoms with E-state index in [-0.39, 0.29) is 24.1 Å². The van der Waals surface area contributed by atoms with Crippen LogP contribution in [0.4, 0.5) is 0 Å². The van der Waals surface area contributed by atoms with E-state index in [1.165, 1.54) is 6.92 Å². The molecule has 0 heterocycles. The zero-order chi connectivity index (χ0) is 18.4. The molecule has 2 unspecified atom stereocenters. The lowest BCUT2D eigenvalue weighted by Gasteiger charge is -2.27. The highest BCUT2D eigenvalue weighted by Crippen LogP contribution is 2.31. The molecule has 0 radical (unpaired) electrons. The van der Waals surface area contributed by atoms with Gasteiger partial charge in [-0.3, -0.25) is 14.4 Å². The number of carbonyl (C=O) groups excluding carboxylic acids is 3. The number of Topliss-reactive ketones (excluding diaryl/α,β-unsaturated/α-hetero) is 2. The standard InChI is InChI=1S/C21H28O4/c1-4-18(23)20(16-10-8-9-14(2)13-16)19(15(3)22)21(24)25-17-11-6-5-7-12-17/h8-10,13,17,19-20H,4-7,11-12H2,1-3H3. The Balaban J connectivity index is 2.30. The van der Waals surface area contributed by atoms with Crippen LogP contribution in [-0.4, -0.2) is 23.6 Å². The number of aryl methyl sites for hydroxylation is 1. The lowest BCUT2D eigenvalue weighted by atomic mass is 9.79. The van der Waals surface area contributed by atoms with E-state index in [4.69, 9.17) is 4.74 Å². The van der Waals surface area contributed by atoms with Crippen LogP contribution in [0.3, 0.4) is 0 Å². The Labute approximate surface area is 149 Å². The molecule has 0 aromatic heterocycles. The van der Waals surface area contributed by atoms with Crippen molar-refractivity contribution in [2.75, 3.05) is 0 Å². The quantitative estimate of drug-likeness (QED) is 0.551. The molecular weight excluding hydrogens is 316 g/mol. The summed E-state index contributed by atoms with van der Waals surface area (Å²) < 4.78 is 5.63. The highest BCUT2D eigenvalue weighted by Gasteiger charge is 2.39. The van der Waals surface area contributed by atoms with E-state index in [0.717, 1.165) is 37.7 Å². The summed E-state index contributed by atoms with van der Waals surface area (Å²) in [6.45, 7) is 5.06. The molecule has 1 saturated carbocycles. The number of hydrogen-bond donors (Lipinski definition) is 0. The second-order valence-corrected chi connectivity index (χ2v) is 7.00. The summed E-state index contributed by atoms with van der Waals surface area (Å²) in [6.07, 6.45) is 5.07. The molecule has 1 aliphatic rings. The van der Waals surface area contributed by atoms with Crippen LogP contribution in [0.2, 0.25) is 0 Å². The van der Waals surface area contributed by atoms with Gasteiger partial charge in [0.15, 0.2) is 0 Å². The first-order valence-corrected chi connectivity index (χ1v) is 9.24. The normalized spacial score (nSPS) is 17.6. The Bertz CT molecular complexity index is 629. The molecule has 1 aromatic carbocycles. The molecule has 0 bridgehead atoms. The average Bonchev–Trinajstić information content (AvgIpc) is 2.59. The first-order chi connectivity index (χ1) is 11.9. The maximum Gasteiger partial charge on any atom is 0.317 e. The number of carbonyl (C=O) groups is 3. The van der Waals surface area contributed by atoms with Crippen LogP contribution in [0.5, 0.6) is 0 Å². The predicted octanol–water partition coefficient (Wildman–Crippen LogP) is 4.14. The number of benzene rings is 1. The van der Waals surface area contributed by atoms with Gasteiger partial charge in [0.25, 0.3) is 0 Å². The summed E-state index contributed by atoms with van der Waals surface area (Å²) in [4.78, 5) is 37.7. The molecule has 0 N–H and O–H groups in total. The molecule has 1 aliphatic carbocycles. The van der Waals surface area contributed by atoms with Crippen LogP contribution in [-0.2, 0) is 19.1 Å². The zero-order valence-corrected chi connectivity index (χ0v) is 15.4. The number of rotatable bonds is 7. The summed E-state index contributed by atoms with van der Waals surface area (Å²) in [5, 5.41) is 0. The summed E-state index contributed by atoms with van der Waals surface area (Å²) >= 11 is 0. The van der Waals surface area contributed by atoms with Gasteiger partial charge in [-0.15, -0.1) is 0 Å². The molecule has 4 heteroatoms. The van der Waals surface area contributed by atoms with Crippen molar-refractivity contribution in [1.82, 2.24) is 0 Å². The SMILES string of the molecule is CCC(=O)C(c1cccc(C)c1)C(C(C)=O)C(=O)OC1CCCCC1. The van der Waals surface area contributed by atoms with E-state index in [0.29, 0.717) is 5.56 Å². The van der Waals surface area contributed by atoms with E-state index in [9.17, 15) is 14.4 Å². The third kappa shape index (κ3) is 5.00. The van der Waals surface area contributed by atoms with Crippen molar-refractivity contribution in [3.63, 3.8) is 0 Å². The Morgan fingerprint density at radius 2 is 1.84 bits per heavy atom. The van der Waals surface area contributed by atoms with E-state index in [1.54, 1.807) is 6.92 Å². The fourth-order valence-corrected chi connectivity index (χ4v) is 3.61. The van der Waals surface area contributed by atoms with Crippen LogP contribution in [0.15, 0.2) is 24.3 Å². The number of ketones is 2.